The van der Waals surface area contributed by atoms with Crippen LogP contribution in [-0.2, 0) is 28.9 Å². The Labute approximate surface area is 187 Å². The molecule has 2 fully saturated rings. The first-order chi connectivity index (χ1) is 15.5. The highest BCUT2D eigenvalue weighted by atomic mass is 19.4. The zero-order chi connectivity index (χ0) is 24.4. The highest BCUT2D eigenvalue weighted by molar-refractivity contribution is 5.79. The van der Waals surface area contributed by atoms with Gasteiger partial charge in [-0.05, 0) is 31.6 Å². The number of likely N-dealkylation sites (tertiary alicyclic amines) is 1. The van der Waals surface area contributed by atoms with E-state index in [-0.39, 0.29) is 48.9 Å². The summed E-state index contributed by atoms with van der Waals surface area (Å²) < 4.78 is 40.2. The lowest BCUT2D eigenvalue weighted by Gasteiger charge is -2.46. The lowest BCUT2D eigenvalue weighted by molar-refractivity contribution is -0.496. The average Bonchev–Trinajstić information content (AvgIpc) is 3.31. The number of alkyl halides is 3. The minimum Gasteiger partial charge on any atom is -0.483 e. The van der Waals surface area contributed by atoms with E-state index in [0.717, 1.165) is 4.57 Å². The molecule has 11 nitrogen and oxygen atoms in total. The van der Waals surface area contributed by atoms with E-state index in [1.54, 1.807) is 4.90 Å². The summed E-state index contributed by atoms with van der Waals surface area (Å²) in [6, 6.07) is 0.0970. The van der Waals surface area contributed by atoms with Crippen molar-refractivity contribution >= 4 is 12.4 Å². The molecule has 184 valence electrons. The van der Waals surface area contributed by atoms with Crippen LogP contribution in [0, 0.1) is 16.0 Å². The molecular weight excluding hydrogens is 449 g/mol. The largest absolute Gasteiger partial charge is 0.483 e. The zero-order valence-corrected chi connectivity index (χ0v) is 18.2. The number of nitrogens with zero attached hydrogens (tertiary/aromatic N) is 6. The van der Waals surface area contributed by atoms with Crippen molar-refractivity contribution in [3.05, 3.63) is 21.8 Å². The Hall–Kier alpha value is -2.77. The van der Waals surface area contributed by atoms with Gasteiger partial charge < -0.3 is 14.6 Å². The second-order valence-electron chi connectivity index (χ2n) is 8.93. The van der Waals surface area contributed by atoms with Crippen molar-refractivity contribution in [1.82, 2.24) is 24.6 Å². The highest BCUT2D eigenvalue weighted by Crippen LogP contribution is 2.40. The fourth-order valence-electron chi connectivity index (χ4n) is 5.30. The maximum absolute atomic E-state index is 13.0. The molecule has 33 heavy (non-hydrogen) atoms. The van der Waals surface area contributed by atoms with Crippen molar-refractivity contribution in [3.8, 4) is 0 Å². The molecule has 1 unspecified atom stereocenters. The first-order valence-corrected chi connectivity index (χ1v) is 10.7. The summed E-state index contributed by atoms with van der Waals surface area (Å²) >= 11 is 0. The summed E-state index contributed by atoms with van der Waals surface area (Å²) in [4.78, 5) is 35.7. The number of carbonyl (C=O) groups is 2. The summed E-state index contributed by atoms with van der Waals surface area (Å²) in [5.41, 5.74) is -0.763. The Morgan fingerprint density at radius 3 is 2.42 bits per heavy atom. The Bertz CT molecular complexity index is 884. The number of hydrogen-bond acceptors (Lipinski definition) is 7. The van der Waals surface area contributed by atoms with E-state index in [0.29, 0.717) is 51.0 Å². The summed E-state index contributed by atoms with van der Waals surface area (Å²) in [5.74, 6) is -0.504. The van der Waals surface area contributed by atoms with Crippen LogP contribution in [0.2, 0.25) is 0 Å². The van der Waals surface area contributed by atoms with Gasteiger partial charge in [0, 0.05) is 37.0 Å². The van der Waals surface area contributed by atoms with E-state index in [2.05, 4.69) is 15.1 Å². The quantitative estimate of drug-likeness (QED) is 0.394. The van der Waals surface area contributed by atoms with Crippen molar-refractivity contribution in [2.45, 2.75) is 69.9 Å². The standard InChI is InChI=1S/C18H25F3N6O3.CH2O2/c1-12-8-15(28)26(9-12)17(11-27(29)30)4-2-13(3-5-17)24-6-7-25-14(10-24)22-23-16(25)18(19,20)21;2-1-3/h12-13H,2-11H2,1H3;1H,(H,2,3)/t12?,13-,17-;. The molecule has 1 aliphatic carbocycles. The normalized spacial score (nSPS) is 28.1. The van der Waals surface area contributed by atoms with Crippen LogP contribution in [-0.4, -0.2) is 78.2 Å². The van der Waals surface area contributed by atoms with E-state index in [1.165, 1.54) is 0 Å². The number of rotatable bonds is 4. The number of carbonyl (C=O) groups excluding carboxylic acids is 1. The summed E-state index contributed by atoms with van der Waals surface area (Å²) in [6.07, 6.45) is -1.74. The van der Waals surface area contributed by atoms with Gasteiger partial charge in [-0.25, -0.2) is 0 Å². The molecule has 1 amide bonds. The van der Waals surface area contributed by atoms with E-state index in [4.69, 9.17) is 9.90 Å². The molecule has 1 aromatic rings. The van der Waals surface area contributed by atoms with Crippen molar-refractivity contribution in [2.75, 3.05) is 19.6 Å². The van der Waals surface area contributed by atoms with Gasteiger partial charge in [0.1, 0.15) is 11.4 Å². The van der Waals surface area contributed by atoms with E-state index < -0.39 is 17.5 Å². The van der Waals surface area contributed by atoms with E-state index >= 15 is 0 Å². The molecular formula is C19H27F3N6O5. The third kappa shape index (κ3) is 5.25. The van der Waals surface area contributed by atoms with Crippen molar-refractivity contribution in [3.63, 3.8) is 0 Å². The van der Waals surface area contributed by atoms with Crippen LogP contribution >= 0.6 is 0 Å². The van der Waals surface area contributed by atoms with Crippen molar-refractivity contribution in [2.24, 2.45) is 5.92 Å². The smallest absolute Gasteiger partial charge is 0.451 e. The first kappa shape index (κ1) is 24.9. The second kappa shape index (κ2) is 9.61. The van der Waals surface area contributed by atoms with Crippen LogP contribution in [0.4, 0.5) is 13.2 Å². The highest BCUT2D eigenvalue weighted by Gasteiger charge is 2.50. The van der Waals surface area contributed by atoms with Gasteiger partial charge in [-0.3, -0.25) is 24.6 Å². The average molecular weight is 476 g/mol. The molecule has 1 aromatic heterocycles. The molecule has 1 saturated carbocycles. The lowest BCUT2D eigenvalue weighted by atomic mass is 9.77. The van der Waals surface area contributed by atoms with Gasteiger partial charge in [0.2, 0.25) is 18.3 Å². The van der Waals surface area contributed by atoms with Crippen LogP contribution in [0.25, 0.3) is 0 Å². The summed E-state index contributed by atoms with van der Waals surface area (Å²) in [5, 5.41) is 25.3. The Kier molecular flexibility index (Phi) is 7.24. The topological polar surface area (TPSA) is 135 Å². The van der Waals surface area contributed by atoms with Gasteiger partial charge in [-0.15, -0.1) is 10.2 Å². The predicted molar refractivity (Wildman–Crippen MR) is 106 cm³/mol. The predicted octanol–water partition coefficient (Wildman–Crippen LogP) is 1.64. The van der Waals surface area contributed by atoms with Gasteiger partial charge in [0.15, 0.2) is 0 Å². The molecule has 1 saturated heterocycles. The van der Waals surface area contributed by atoms with Gasteiger partial charge in [-0.2, -0.15) is 13.2 Å². The molecule has 1 N–H and O–H groups in total. The third-order valence-electron chi connectivity index (χ3n) is 6.75. The monoisotopic (exact) mass is 476 g/mol. The van der Waals surface area contributed by atoms with Crippen LogP contribution in [0.5, 0.6) is 0 Å². The summed E-state index contributed by atoms with van der Waals surface area (Å²) in [7, 11) is 0. The second-order valence-corrected chi connectivity index (χ2v) is 8.93. The lowest BCUT2D eigenvalue weighted by Crippen LogP contribution is -2.58. The fourth-order valence-corrected chi connectivity index (χ4v) is 5.30. The zero-order valence-electron chi connectivity index (χ0n) is 18.2. The van der Waals surface area contributed by atoms with Gasteiger partial charge in [-0.1, -0.05) is 6.92 Å². The molecule has 0 radical (unpaired) electrons. The molecule has 0 spiro atoms. The van der Waals surface area contributed by atoms with Gasteiger partial charge in [0.05, 0.1) is 6.54 Å². The Balaban J connectivity index is 0.000000968. The molecule has 3 aliphatic rings. The van der Waals surface area contributed by atoms with Gasteiger partial charge in [0.25, 0.3) is 6.47 Å². The minimum atomic E-state index is -4.53. The third-order valence-corrected chi connectivity index (χ3v) is 6.75. The molecule has 14 heteroatoms. The SMILES string of the molecule is CC1CC(=O)N([C@]2(C[N+](=O)[O-])CC[C@@H](N3CCn4c(nnc4C(F)(F)F)C3)CC2)C1.O=CO. The molecule has 4 rings (SSSR count). The molecule has 0 bridgehead atoms. The fraction of sp³-hybridized carbons (Fsp3) is 0.789. The Morgan fingerprint density at radius 1 is 1.27 bits per heavy atom. The minimum absolute atomic E-state index is 0.0199. The van der Waals surface area contributed by atoms with Gasteiger partial charge >= 0.3 is 6.18 Å². The number of nitro groups is 1. The van der Waals surface area contributed by atoms with Crippen LogP contribution < -0.4 is 0 Å². The number of aromatic nitrogens is 3. The van der Waals surface area contributed by atoms with Crippen LogP contribution in [0.1, 0.15) is 50.7 Å². The molecule has 0 aromatic carbocycles. The first-order valence-electron chi connectivity index (χ1n) is 10.7. The Morgan fingerprint density at radius 2 is 1.91 bits per heavy atom. The van der Waals surface area contributed by atoms with Crippen molar-refractivity contribution < 1.29 is 32.8 Å². The number of halogens is 3. The number of carboxylic acid groups (broad SMARTS) is 1. The van der Waals surface area contributed by atoms with Crippen LogP contribution in [0.3, 0.4) is 0 Å². The maximum atomic E-state index is 13.0. The van der Waals surface area contributed by atoms with E-state index in [1.807, 2.05) is 6.92 Å². The molecule has 1 atom stereocenters. The summed E-state index contributed by atoms with van der Waals surface area (Å²) in [6.45, 7) is 2.89. The number of amides is 1. The maximum Gasteiger partial charge on any atom is 0.451 e. The number of hydrogen-bond donors (Lipinski definition) is 1. The number of fused-ring (bicyclic) bond motifs is 1. The molecule has 3 heterocycles. The van der Waals surface area contributed by atoms with Crippen LogP contribution in [0.15, 0.2) is 0 Å². The molecule has 2 aliphatic heterocycles. The van der Waals surface area contributed by atoms with E-state index in [9.17, 15) is 28.1 Å². The van der Waals surface area contributed by atoms with Crippen molar-refractivity contribution in [1.29, 1.82) is 0 Å².